The van der Waals surface area contributed by atoms with Crippen molar-refractivity contribution in [1.29, 1.82) is 0 Å². The highest BCUT2D eigenvalue weighted by molar-refractivity contribution is 5.82. The van der Waals surface area contributed by atoms with Gasteiger partial charge in [0.2, 0.25) is 5.91 Å². The molecule has 4 atom stereocenters. The first kappa shape index (κ1) is 9.93. The fraction of sp³-hybridized carbons (Fsp3) is 0.900. The van der Waals surface area contributed by atoms with Gasteiger partial charge >= 0.3 is 0 Å². The molecule has 0 spiro atoms. The molecule has 3 N–H and O–H groups in total. The second kappa shape index (κ2) is 3.87. The van der Waals surface area contributed by atoms with Crippen molar-refractivity contribution in [1.82, 2.24) is 5.32 Å². The minimum atomic E-state index is 0.0631. The Balaban J connectivity index is 1.81. The molecular formula is C10H18N2O2. The van der Waals surface area contributed by atoms with E-state index in [1.54, 1.807) is 7.11 Å². The van der Waals surface area contributed by atoms with Crippen LogP contribution < -0.4 is 11.1 Å². The molecule has 0 aliphatic heterocycles. The van der Waals surface area contributed by atoms with E-state index in [9.17, 15) is 4.79 Å². The summed E-state index contributed by atoms with van der Waals surface area (Å²) in [4.78, 5) is 11.6. The second-order valence-electron chi connectivity index (χ2n) is 4.33. The molecule has 2 aliphatic rings. The van der Waals surface area contributed by atoms with E-state index in [0.29, 0.717) is 0 Å². The molecule has 2 saturated carbocycles. The third-order valence-corrected chi connectivity index (χ3v) is 3.26. The summed E-state index contributed by atoms with van der Waals surface area (Å²) in [7, 11) is 1.71. The summed E-state index contributed by atoms with van der Waals surface area (Å²) >= 11 is 0. The van der Waals surface area contributed by atoms with Crippen molar-refractivity contribution in [3.05, 3.63) is 0 Å². The van der Waals surface area contributed by atoms with Gasteiger partial charge in [0.15, 0.2) is 0 Å². The van der Waals surface area contributed by atoms with E-state index in [4.69, 9.17) is 10.5 Å². The maximum absolute atomic E-state index is 11.6. The largest absolute Gasteiger partial charge is 0.379 e. The van der Waals surface area contributed by atoms with Crippen molar-refractivity contribution in [2.45, 2.75) is 43.9 Å². The van der Waals surface area contributed by atoms with E-state index in [-0.39, 0.29) is 30.0 Å². The number of nitrogens with two attached hydrogens (primary N) is 1. The van der Waals surface area contributed by atoms with Gasteiger partial charge in [-0.1, -0.05) is 0 Å². The molecule has 2 fully saturated rings. The lowest BCUT2D eigenvalue weighted by Gasteiger charge is -2.19. The van der Waals surface area contributed by atoms with Crippen molar-refractivity contribution < 1.29 is 9.53 Å². The van der Waals surface area contributed by atoms with Crippen LogP contribution in [0.3, 0.4) is 0 Å². The molecule has 14 heavy (non-hydrogen) atoms. The van der Waals surface area contributed by atoms with Crippen molar-refractivity contribution >= 4 is 5.91 Å². The molecule has 0 heterocycles. The molecule has 2 aliphatic carbocycles. The van der Waals surface area contributed by atoms with Gasteiger partial charge in [-0.25, -0.2) is 0 Å². The third kappa shape index (κ3) is 1.91. The van der Waals surface area contributed by atoms with Crippen LogP contribution in [0.25, 0.3) is 0 Å². The van der Waals surface area contributed by atoms with Gasteiger partial charge in [-0.15, -0.1) is 0 Å². The second-order valence-corrected chi connectivity index (χ2v) is 4.33. The zero-order valence-corrected chi connectivity index (χ0v) is 8.53. The molecule has 0 radical (unpaired) electrons. The zero-order valence-electron chi connectivity index (χ0n) is 8.53. The maximum atomic E-state index is 11.6. The van der Waals surface area contributed by atoms with Gasteiger partial charge in [0.05, 0.1) is 18.1 Å². The first-order chi connectivity index (χ1) is 6.72. The Morgan fingerprint density at radius 3 is 2.79 bits per heavy atom. The Kier molecular flexibility index (Phi) is 2.74. The molecule has 0 bridgehead atoms. The molecule has 1 amide bonds. The highest BCUT2D eigenvalue weighted by atomic mass is 16.5. The molecule has 4 unspecified atom stereocenters. The van der Waals surface area contributed by atoms with Crippen LogP contribution in [0.1, 0.15) is 25.7 Å². The number of methoxy groups -OCH3 is 1. The predicted molar refractivity (Wildman–Crippen MR) is 52.7 cm³/mol. The normalized spacial score (nSPS) is 41.0. The SMILES string of the molecule is COC1CCCC1NC(=O)C1CC1N. The van der Waals surface area contributed by atoms with Crippen LogP contribution in [0, 0.1) is 5.92 Å². The Hall–Kier alpha value is -0.610. The summed E-state index contributed by atoms with van der Waals surface area (Å²) in [6.45, 7) is 0. The molecule has 0 aromatic rings. The predicted octanol–water partition coefficient (Wildman–Crippen LogP) is 0.0173. The van der Waals surface area contributed by atoms with E-state index in [0.717, 1.165) is 25.7 Å². The number of carbonyl (C=O) groups is 1. The average molecular weight is 198 g/mol. The number of hydrogen-bond acceptors (Lipinski definition) is 3. The number of nitrogens with one attached hydrogen (secondary N) is 1. The van der Waals surface area contributed by atoms with Crippen LogP contribution in [-0.4, -0.2) is 31.2 Å². The standard InChI is InChI=1S/C10H18N2O2/c1-14-9-4-2-3-8(9)12-10(13)6-5-7(6)11/h6-9H,2-5,11H2,1H3,(H,12,13). The Morgan fingerprint density at radius 1 is 1.50 bits per heavy atom. The molecule has 80 valence electrons. The highest BCUT2D eigenvalue weighted by Gasteiger charge is 2.41. The van der Waals surface area contributed by atoms with Crippen LogP contribution in [-0.2, 0) is 9.53 Å². The van der Waals surface area contributed by atoms with Crippen LogP contribution in [0.15, 0.2) is 0 Å². The fourth-order valence-electron chi connectivity index (χ4n) is 2.18. The van der Waals surface area contributed by atoms with Crippen molar-refractivity contribution in [2.24, 2.45) is 11.7 Å². The van der Waals surface area contributed by atoms with Gasteiger partial charge in [0, 0.05) is 13.2 Å². The first-order valence-electron chi connectivity index (χ1n) is 5.31. The zero-order chi connectivity index (χ0) is 10.1. The average Bonchev–Trinajstić information content (AvgIpc) is 2.74. The fourth-order valence-corrected chi connectivity index (χ4v) is 2.18. The van der Waals surface area contributed by atoms with Crippen LogP contribution in [0.2, 0.25) is 0 Å². The van der Waals surface area contributed by atoms with Crippen molar-refractivity contribution in [3.63, 3.8) is 0 Å². The molecule has 2 rings (SSSR count). The molecular weight excluding hydrogens is 180 g/mol. The summed E-state index contributed by atoms with van der Waals surface area (Å²) in [5, 5.41) is 3.03. The minimum Gasteiger partial charge on any atom is -0.379 e. The van der Waals surface area contributed by atoms with E-state index >= 15 is 0 Å². The summed E-state index contributed by atoms with van der Waals surface area (Å²) in [6.07, 6.45) is 4.27. The third-order valence-electron chi connectivity index (χ3n) is 3.26. The van der Waals surface area contributed by atoms with Gasteiger partial charge in [-0.2, -0.15) is 0 Å². The topological polar surface area (TPSA) is 64.3 Å². The lowest BCUT2D eigenvalue weighted by atomic mass is 10.2. The van der Waals surface area contributed by atoms with Crippen molar-refractivity contribution in [3.8, 4) is 0 Å². The van der Waals surface area contributed by atoms with Gasteiger partial charge in [-0.05, 0) is 25.7 Å². The lowest BCUT2D eigenvalue weighted by Crippen LogP contribution is -2.42. The van der Waals surface area contributed by atoms with Crippen LogP contribution >= 0.6 is 0 Å². The highest BCUT2D eigenvalue weighted by Crippen LogP contribution is 2.29. The minimum absolute atomic E-state index is 0.0631. The first-order valence-corrected chi connectivity index (χ1v) is 5.31. The van der Waals surface area contributed by atoms with E-state index in [1.807, 2.05) is 0 Å². The Labute approximate surface area is 84.2 Å². The summed E-state index contributed by atoms with van der Waals surface area (Å²) in [5.41, 5.74) is 5.62. The van der Waals surface area contributed by atoms with E-state index in [2.05, 4.69) is 5.32 Å². The molecule has 0 aromatic heterocycles. The molecule has 4 heteroatoms. The van der Waals surface area contributed by atoms with Crippen molar-refractivity contribution in [2.75, 3.05) is 7.11 Å². The van der Waals surface area contributed by atoms with Crippen LogP contribution in [0.5, 0.6) is 0 Å². The van der Waals surface area contributed by atoms with Gasteiger partial charge in [0.25, 0.3) is 0 Å². The number of amides is 1. The number of ether oxygens (including phenoxy) is 1. The Morgan fingerprint density at radius 2 is 2.21 bits per heavy atom. The molecule has 4 nitrogen and oxygen atoms in total. The molecule has 0 saturated heterocycles. The maximum Gasteiger partial charge on any atom is 0.225 e. The van der Waals surface area contributed by atoms with Gasteiger partial charge in [0.1, 0.15) is 0 Å². The quantitative estimate of drug-likeness (QED) is 0.672. The lowest BCUT2D eigenvalue weighted by molar-refractivity contribution is -0.123. The van der Waals surface area contributed by atoms with Crippen LogP contribution in [0.4, 0.5) is 0 Å². The number of rotatable bonds is 3. The molecule has 0 aromatic carbocycles. The Bertz CT molecular complexity index is 232. The number of carbonyl (C=O) groups excluding carboxylic acids is 1. The van der Waals surface area contributed by atoms with E-state index < -0.39 is 0 Å². The monoisotopic (exact) mass is 198 g/mol. The smallest absolute Gasteiger partial charge is 0.225 e. The summed E-state index contributed by atoms with van der Waals surface area (Å²) in [5.74, 6) is 0.180. The van der Waals surface area contributed by atoms with Gasteiger partial charge in [-0.3, -0.25) is 4.79 Å². The summed E-state index contributed by atoms with van der Waals surface area (Å²) in [6, 6.07) is 0.303. The van der Waals surface area contributed by atoms with E-state index in [1.165, 1.54) is 0 Å². The summed E-state index contributed by atoms with van der Waals surface area (Å²) < 4.78 is 5.31. The van der Waals surface area contributed by atoms with Gasteiger partial charge < -0.3 is 15.8 Å². The number of hydrogen-bond donors (Lipinski definition) is 2.